The molecule has 0 fully saturated rings. The molecule has 0 aliphatic carbocycles. The number of methoxy groups -OCH3 is 5. The number of aromatic nitrogens is 2. The number of benzene rings is 2. The highest BCUT2D eigenvalue weighted by atomic mass is 16.5. The number of carbonyl (C=O) groups excluding carboxylic acids is 1. The number of carbonyl (C=O) groups is 1. The first-order chi connectivity index (χ1) is 15.0. The second kappa shape index (κ2) is 9.66. The van der Waals surface area contributed by atoms with Gasteiger partial charge >= 0.3 is 5.97 Å². The zero-order valence-corrected chi connectivity index (χ0v) is 17.8. The molecule has 2 aromatic carbocycles. The highest BCUT2D eigenvalue weighted by molar-refractivity contribution is 5.92. The van der Waals surface area contributed by atoms with Crippen molar-refractivity contribution in [3.63, 3.8) is 0 Å². The van der Waals surface area contributed by atoms with Crippen LogP contribution in [0.15, 0.2) is 42.5 Å². The van der Waals surface area contributed by atoms with Gasteiger partial charge in [0.1, 0.15) is 0 Å². The normalized spacial score (nSPS) is 10.2. The van der Waals surface area contributed by atoms with E-state index in [1.54, 1.807) is 38.5 Å². The monoisotopic (exact) mass is 426 g/mol. The second-order valence-corrected chi connectivity index (χ2v) is 6.13. The number of esters is 1. The lowest BCUT2D eigenvalue weighted by Gasteiger charge is -2.13. The van der Waals surface area contributed by atoms with E-state index in [-0.39, 0.29) is 11.4 Å². The van der Waals surface area contributed by atoms with Crippen LogP contribution in [0.4, 0.5) is 0 Å². The van der Waals surface area contributed by atoms with Crippen molar-refractivity contribution in [2.75, 3.05) is 35.5 Å². The van der Waals surface area contributed by atoms with Crippen LogP contribution in [0.5, 0.6) is 34.6 Å². The molecule has 162 valence electrons. The summed E-state index contributed by atoms with van der Waals surface area (Å²) in [5.41, 5.74) is 1.56. The molecule has 0 amide bonds. The second-order valence-electron chi connectivity index (χ2n) is 6.13. The van der Waals surface area contributed by atoms with Crippen molar-refractivity contribution in [2.24, 2.45) is 0 Å². The van der Waals surface area contributed by atoms with Gasteiger partial charge < -0.3 is 28.4 Å². The molecule has 3 aromatic rings. The van der Waals surface area contributed by atoms with E-state index in [0.717, 1.165) is 5.56 Å². The third kappa shape index (κ3) is 4.61. The highest BCUT2D eigenvalue weighted by Gasteiger charge is 2.19. The van der Waals surface area contributed by atoms with Crippen molar-refractivity contribution in [1.29, 1.82) is 0 Å². The number of hydrogen-bond donors (Lipinski definition) is 0. The maximum absolute atomic E-state index is 12.6. The van der Waals surface area contributed by atoms with Crippen LogP contribution < -0.4 is 28.4 Å². The Balaban J connectivity index is 1.81. The molecule has 0 spiro atoms. The van der Waals surface area contributed by atoms with Gasteiger partial charge in [0.15, 0.2) is 23.0 Å². The highest BCUT2D eigenvalue weighted by Crippen LogP contribution is 2.38. The maximum Gasteiger partial charge on any atom is 0.345 e. The molecule has 1 heterocycles. The Bertz CT molecular complexity index is 1040. The minimum Gasteiger partial charge on any atom is -0.493 e. The Labute approximate surface area is 179 Å². The lowest BCUT2D eigenvalue weighted by molar-refractivity contribution is 0.0725. The minimum absolute atomic E-state index is 0.0444. The Morgan fingerprint density at radius 1 is 0.677 bits per heavy atom. The Morgan fingerprint density at radius 2 is 1.32 bits per heavy atom. The zero-order chi connectivity index (χ0) is 22.4. The van der Waals surface area contributed by atoms with Gasteiger partial charge in [-0.25, -0.2) is 4.79 Å². The summed E-state index contributed by atoms with van der Waals surface area (Å²) >= 11 is 0. The first kappa shape index (κ1) is 21.7. The topological polar surface area (TPSA) is 98.2 Å². The molecule has 0 bridgehead atoms. The SMILES string of the molecule is COc1ccc(-c2ccc(OC(=O)c3cc(OC)c(OC)c(OC)c3)nn2)cc1OC. The number of rotatable bonds is 8. The average molecular weight is 426 g/mol. The largest absolute Gasteiger partial charge is 0.493 e. The van der Waals surface area contributed by atoms with Gasteiger partial charge in [-0.3, -0.25) is 0 Å². The first-order valence-corrected chi connectivity index (χ1v) is 9.12. The molecule has 0 aliphatic rings. The van der Waals surface area contributed by atoms with Crippen molar-refractivity contribution in [3.8, 4) is 45.9 Å². The van der Waals surface area contributed by atoms with Crippen LogP contribution in [0, 0.1) is 0 Å². The molecule has 0 unspecified atom stereocenters. The molecular weight excluding hydrogens is 404 g/mol. The van der Waals surface area contributed by atoms with Crippen molar-refractivity contribution >= 4 is 5.97 Å². The summed E-state index contributed by atoms with van der Waals surface area (Å²) in [5.74, 6) is 1.62. The third-order valence-electron chi connectivity index (χ3n) is 4.42. The summed E-state index contributed by atoms with van der Waals surface area (Å²) in [6.07, 6.45) is 0. The zero-order valence-electron chi connectivity index (χ0n) is 17.8. The van der Waals surface area contributed by atoms with Gasteiger partial charge in [-0.1, -0.05) is 0 Å². The van der Waals surface area contributed by atoms with Gasteiger partial charge in [0.05, 0.1) is 46.8 Å². The summed E-state index contributed by atoms with van der Waals surface area (Å²) in [6, 6.07) is 11.6. The van der Waals surface area contributed by atoms with Crippen molar-refractivity contribution < 1.29 is 33.2 Å². The van der Waals surface area contributed by atoms with Gasteiger partial charge in [0.2, 0.25) is 11.6 Å². The Morgan fingerprint density at radius 3 is 1.84 bits per heavy atom. The van der Waals surface area contributed by atoms with Gasteiger partial charge in [0.25, 0.3) is 0 Å². The van der Waals surface area contributed by atoms with Gasteiger partial charge in [0, 0.05) is 11.6 Å². The molecule has 31 heavy (non-hydrogen) atoms. The molecule has 0 atom stereocenters. The van der Waals surface area contributed by atoms with Crippen molar-refractivity contribution in [1.82, 2.24) is 10.2 Å². The van der Waals surface area contributed by atoms with Crippen molar-refractivity contribution in [3.05, 3.63) is 48.0 Å². The van der Waals surface area contributed by atoms with Crippen LogP contribution in [0.25, 0.3) is 11.3 Å². The van der Waals surface area contributed by atoms with E-state index in [0.29, 0.717) is 34.4 Å². The van der Waals surface area contributed by atoms with Gasteiger partial charge in [-0.15, -0.1) is 10.2 Å². The predicted octanol–water partition coefficient (Wildman–Crippen LogP) is 3.41. The fourth-order valence-electron chi connectivity index (χ4n) is 2.88. The molecule has 0 radical (unpaired) electrons. The quantitative estimate of drug-likeness (QED) is 0.502. The molecular formula is C22H22N2O7. The molecule has 1 aromatic heterocycles. The van der Waals surface area contributed by atoms with Gasteiger partial charge in [-0.2, -0.15) is 0 Å². The molecule has 0 saturated carbocycles. The molecule has 3 rings (SSSR count). The molecule has 9 nitrogen and oxygen atoms in total. The van der Waals surface area contributed by atoms with Crippen LogP contribution in [0.1, 0.15) is 10.4 Å². The van der Waals surface area contributed by atoms with Crippen LogP contribution in [0.2, 0.25) is 0 Å². The number of hydrogen-bond acceptors (Lipinski definition) is 9. The van der Waals surface area contributed by atoms with Crippen LogP contribution in [-0.2, 0) is 0 Å². The standard InChI is InChI=1S/C22H22N2O7/c1-26-16-8-6-13(10-17(16)27-2)15-7-9-20(24-23-15)31-22(25)14-11-18(28-3)21(30-5)19(12-14)29-4/h6-12H,1-5H3. The summed E-state index contributed by atoms with van der Waals surface area (Å²) in [5, 5.41) is 8.11. The smallest absolute Gasteiger partial charge is 0.345 e. The fourth-order valence-corrected chi connectivity index (χ4v) is 2.88. The lowest BCUT2D eigenvalue weighted by Crippen LogP contribution is -2.11. The van der Waals surface area contributed by atoms with Crippen LogP contribution in [-0.4, -0.2) is 51.7 Å². The molecule has 0 aliphatic heterocycles. The summed E-state index contributed by atoms with van der Waals surface area (Å²) < 4.78 is 31.7. The minimum atomic E-state index is -0.646. The van der Waals surface area contributed by atoms with Crippen LogP contribution in [0.3, 0.4) is 0 Å². The van der Waals surface area contributed by atoms with Crippen molar-refractivity contribution in [2.45, 2.75) is 0 Å². The lowest BCUT2D eigenvalue weighted by atomic mass is 10.1. The van der Waals surface area contributed by atoms with E-state index < -0.39 is 5.97 Å². The predicted molar refractivity (Wildman–Crippen MR) is 112 cm³/mol. The number of ether oxygens (including phenoxy) is 6. The summed E-state index contributed by atoms with van der Waals surface area (Å²) in [4.78, 5) is 12.6. The van der Waals surface area contributed by atoms with E-state index >= 15 is 0 Å². The molecule has 9 heteroatoms. The summed E-state index contributed by atoms with van der Waals surface area (Å²) in [7, 11) is 7.52. The van der Waals surface area contributed by atoms with E-state index in [4.69, 9.17) is 28.4 Å². The average Bonchev–Trinajstić information content (AvgIpc) is 2.82. The Kier molecular flexibility index (Phi) is 6.76. The van der Waals surface area contributed by atoms with E-state index in [1.807, 2.05) is 6.07 Å². The first-order valence-electron chi connectivity index (χ1n) is 9.12. The van der Waals surface area contributed by atoms with E-state index in [2.05, 4.69) is 10.2 Å². The van der Waals surface area contributed by atoms with E-state index in [1.165, 1.54) is 33.5 Å². The Hall–Kier alpha value is -4.01. The van der Waals surface area contributed by atoms with E-state index in [9.17, 15) is 4.79 Å². The molecule has 0 N–H and O–H groups in total. The van der Waals surface area contributed by atoms with Gasteiger partial charge in [-0.05, 0) is 36.4 Å². The fraction of sp³-hybridized carbons (Fsp3) is 0.227. The molecule has 0 saturated heterocycles. The maximum atomic E-state index is 12.6. The summed E-state index contributed by atoms with van der Waals surface area (Å²) in [6.45, 7) is 0. The third-order valence-corrected chi connectivity index (χ3v) is 4.42. The van der Waals surface area contributed by atoms with Crippen LogP contribution >= 0.6 is 0 Å². The number of nitrogens with zero attached hydrogens (tertiary/aromatic N) is 2.